The number of alkyl halides is 3. The molecule has 32 heavy (non-hydrogen) atoms. The number of unbranched alkanes of at least 4 members (excludes halogenated alkanes) is 3. The molecule has 0 spiro atoms. The van der Waals surface area contributed by atoms with Crippen LogP contribution in [0.5, 0.6) is 17.2 Å². The SMILES string of the molecule is CCCCCCOc1cccc(OC[C@@H](c2ccc3cc(OC)ccc3c2)C(F)(F)F)c1. The van der Waals surface area contributed by atoms with Gasteiger partial charge in [-0.15, -0.1) is 0 Å². The molecule has 3 nitrogen and oxygen atoms in total. The quantitative estimate of drug-likeness (QED) is 0.285. The molecule has 0 radical (unpaired) electrons. The zero-order valence-corrected chi connectivity index (χ0v) is 18.5. The van der Waals surface area contributed by atoms with Crippen molar-refractivity contribution in [3.63, 3.8) is 0 Å². The summed E-state index contributed by atoms with van der Waals surface area (Å²) >= 11 is 0. The van der Waals surface area contributed by atoms with E-state index in [2.05, 4.69) is 6.92 Å². The third kappa shape index (κ3) is 6.55. The second kappa shape index (κ2) is 11.1. The molecule has 0 saturated carbocycles. The van der Waals surface area contributed by atoms with E-state index in [0.717, 1.165) is 36.5 Å². The molecule has 0 amide bonds. The van der Waals surface area contributed by atoms with Crippen LogP contribution < -0.4 is 14.2 Å². The lowest BCUT2D eigenvalue weighted by Gasteiger charge is -2.22. The second-order valence-electron chi connectivity index (χ2n) is 7.76. The van der Waals surface area contributed by atoms with E-state index < -0.39 is 18.7 Å². The van der Waals surface area contributed by atoms with Gasteiger partial charge in [-0.1, -0.05) is 56.5 Å². The van der Waals surface area contributed by atoms with Crippen molar-refractivity contribution in [1.82, 2.24) is 0 Å². The highest BCUT2D eigenvalue weighted by Crippen LogP contribution is 2.37. The van der Waals surface area contributed by atoms with Gasteiger partial charge in [-0.05, 0) is 47.0 Å². The highest BCUT2D eigenvalue weighted by atomic mass is 19.4. The molecule has 0 aliphatic carbocycles. The Balaban J connectivity index is 1.69. The summed E-state index contributed by atoms with van der Waals surface area (Å²) in [6.07, 6.45) is -0.0856. The van der Waals surface area contributed by atoms with E-state index in [1.807, 2.05) is 0 Å². The minimum atomic E-state index is -4.44. The van der Waals surface area contributed by atoms with Gasteiger partial charge in [0.2, 0.25) is 0 Å². The number of benzene rings is 3. The Kier molecular flexibility index (Phi) is 8.26. The fraction of sp³-hybridized carbons (Fsp3) is 0.385. The molecule has 6 heteroatoms. The molecule has 0 unspecified atom stereocenters. The Morgan fingerprint density at radius 1 is 0.781 bits per heavy atom. The first-order chi connectivity index (χ1) is 15.4. The monoisotopic (exact) mass is 446 g/mol. The molecular formula is C26H29F3O3. The average molecular weight is 447 g/mol. The Hall–Kier alpha value is -2.89. The number of fused-ring (bicyclic) bond motifs is 1. The van der Waals surface area contributed by atoms with Crippen LogP contribution in [-0.4, -0.2) is 26.5 Å². The molecule has 0 aliphatic heterocycles. The molecule has 0 saturated heterocycles. The molecule has 3 aromatic rings. The largest absolute Gasteiger partial charge is 0.497 e. The third-order valence-electron chi connectivity index (χ3n) is 5.36. The fourth-order valence-electron chi connectivity index (χ4n) is 3.52. The lowest BCUT2D eigenvalue weighted by molar-refractivity contribution is -0.156. The van der Waals surface area contributed by atoms with E-state index in [0.29, 0.717) is 23.9 Å². The Bertz CT molecular complexity index is 1000. The van der Waals surface area contributed by atoms with Crippen LogP contribution in [0.2, 0.25) is 0 Å². The Labute approximate surface area is 187 Å². The van der Waals surface area contributed by atoms with Gasteiger partial charge in [-0.25, -0.2) is 0 Å². The minimum absolute atomic E-state index is 0.165. The maximum atomic E-state index is 13.9. The van der Waals surface area contributed by atoms with Crippen molar-refractivity contribution in [2.75, 3.05) is 20.3 Å². The minimum Gasteiger partial charge on any atom is -0.497 e. The van der Waals surface area contributed by atoms with Crippen LogP contribution in [0.25, 0.3) is 10.8 Å². The van der Waals surface area contributed by atoms with E-state index in [9.17, 15) is 13.2 Å². The van der Waals surface area contributed by atoms with Crippen LogP contribution in [0, 0.1) is 0 Å². The summed E-state index contributed by atoms with van der Waals surface area (Å²) in [5.74, 6) is -0.126. The summed E-state index contributed by atoms with van der Waals surface area (Å²) in [6, 6.07) is 16.8. The molecule has 0 aromatic heterocycles. The van der Waals surface area contributed by atoms with Crippen LogP contribution in [0.4, 0.5) is 13.2 Å². The van der Waals surface area contributed by atoms with Gasteiger partial charge in [0.15, 0.2) is 0 Å². The second-order valence-corrected chi connectivity index (χ2v) is 7.76. The molecule has 0 fully saturated rings. The van der Waals surface area contributed by atoms with Crippen molar-refractivity contribution in [3.8, 4) is 17.2 Å². The van der Waals surface area contributed by atoms with Crippen molar-refractivity contribution in [3.05, 3.63) is 66.2 Å². The van der Waals surface area contributed by atoms with Crippen molar-refractivity contribution in [1.29, 1.82) is 0 Å². The van der Waals surface area contributed by atoms with E-state index >= 15 is 0 Å². The molecule has 172 valence electrons. The van der Waals surface area contributed by atoms with Crippen LogP contribution in [0.3, 0.4) is 0 Å². The van der Waals surface area contributed by atoms with Crippen molar-refractivity contribution >= 4 is 10.8 Å². The molecular weight excluding hydrogens is 417 g/mol. The topological polar surface area (TPSA) is 27.7 Å². The van der Waals surface area contributed by atoms with Gasteiger partial charge in [-0.2, -0.15) is 13.2 Å². The van der Waals surface area contributed by atoms with Gasteiger partial charge < -0.3 is 14.2 Å². The first-order valence-electron chi connectivity index (χ1n) is 10.9. The van der Waals surface area contributed by atoms with E-state index in [-0.39, 0.29) is 5.56 Å². The van der Waals surface area contributed by atoms with E-state index in [4.69, 9.17) is 14.2 Å². The first-order valence-corrected chi connectivity index (χ1v) is 10.9. The molecule has 0 N–H and O–H groups in total. The van der Waals surface area contributed by atoms with Gasteiger partial charge in [0.25, 0.3) is 0 Å². The molecule has 0 aliphatic rings. The number of hydrogen-bond acceptors (Lipinski definition) is 3. The first kappa shape index (κ1) is 23.8. The standard InChI is InChI=1S/C26H29F3O3/c1-3-4-5-6-14-31-23-8-7-9-24(17-23)32-18-25(26(27,28)29)21-11-10-20-16-22(30-2)13-12-19(20)15-21/h7-13,15-17,25H,3-6,14,18H2,1-2H3/t25-/m0/s1. The Morgan fingerprint density at radius 3 is 2.22 bits per heavy atom. The summed E-state index contributed by atoms with van der Waals surface area (Å²) in [5.41, 5.74) is 0.165. The molecule has 3 rings (SSSR count). The normalized spacial score (nSPS) is 12.5. The average Bonchev–Trinajstić information content (AvgIpc) is 2.78. The number of halogens is 3. The summed E-state index contributed by atoms with van der Waals surface area (Å²) in [4.78, 5) is 0. The van der Waals surface area contributed by atoms with Crippen molar-refractivity contribution in [2.45, 2.75) is 44.7 Å². The maximum absolute atomic E-state index is 13.9. The highest BCUT2D eigenvalue weighted by Gasteiger charge is 2.41. The number of hydrogen-bond donors (Lipinski definition) is 0. The number of methoxy groups -OCH3 is 1. The van der Waals surface area contributed by atoms with E-state index in [1.165, 1.54) is 6.07 Å². The third-order valence-corrected chi connectivity index (χ3v) is 5.36. The molecule has 3 aromatic carbocycles. The fourth-order valence-corrected chi connectivity index (χ4v) is 3.52. The van der Waals surface area contributed by atoms with Crippen LogP contribution >= 0.6 is 0 Å². The molecule has 1 atom stereocenters. The number of rotatable bonds is 11. The van der Waals surface area contributed by atoms with Gasteiger partial charge in [-0.3, -0.25) is 0 Å². The van der Waals surface area contributed by atoms with Gasteiger partial charge >= 0.3 is 6.18 Å². The number of ether oxygens (including phenoxy) is 3. The summed E-state index contributed by atoms with van der Waals surface area (Å²) in [5, 5.41) is 1.54. The zero-order valence-electron chi connectivity index (χ0n) is 18.5. The Morgan fingerprint density at radius 2 is 1.50 bits per heavy atom. The summed E-state index contributed by atoms with van der Waals surface area (Å²) in [7, 11) is 1.55. The summed E-state index contributed by atoms with van der Waals surface area (Å²) < 4.78 is 58.0. The van der Waals surface area contributed by atoms with E-state index in [1.54, 1.807) is 61.7 Å². The van der Waals surface area contributed by atoms with Gasteiger partial charge in [0, 0.05) is 6.07 Å². The van der Waals surface area contributed by atoms with Crippen LogP contribution in [-0.2, 0) is 0 Å². The zero-order chi connectivity index (χ0) is 23.0. The smallest absolute Gasteiger partial charge is 0.399 e. The lowest BCUT2D eigenvalue weighted by atomic mass is 9.96. The molecule has 0 heterocycles. The molecule has 0 bridgehead atoms. The predicted octanol–water partition coefficient (Wildman–Crippen LogP) is 7.53. The predicted molar refractivity (Wildman–Crippen MR) is 121 cm³/mol. The van der Waals surface area contributed by atoms with Crippen LogP contribution in [0.15, 0.2) is 60.7 Å². The highest BCUT2D eigenvalue weighted by molar-refractivity contribution is 5.84. The maximum Gasteiger partial charge on any atom is 0.399 e. The lowest BCUT2D eigenvalue weighted by Crippen LogP contribution is -2.26. The van der Waals surface area contributed by atoms with Crippen molar-refractivity contribution in [2.24, 2.45) is 0 Å². The van der Waals surface area contributed by atoms with Gasteiger partial charge in [0.1, 0.15) is 29.8 Å². The summed E-state index contributed by atoms with van der Waals surface area (Å²) in [6.45, 7) is 2.21. The van der Waals surface area contributed by atoms with Crippen molar-refractivity contribution < 1.29 is 27.4 Å². The van der Waals surface area contributed by atoms with Crippen LogP contribution in [0.1, 0.15) is 44.1 Å². The van der Waals surface area contributed by atoms with Gasteiger partial charge in [0.05, 0.1) is 13.7 Å².